The predicted octanol–water partition coefficient (Wildman–Crippen LogP) is -1.79. The van der Waals surface area contributed by atoms with E-state index in [1.54, 1.807) is 0 Å². The predicted molar refractivity (Wildman–Crippen MR) is 157 cm³/mol. The van der Waals surface area contributed by atoms with Gasteiger partial charge in [0.2, 0.25) is 0 Å². The Hall–Kier alpha value is -2.61. The Morgan fingerprint density at radius 1 is 0.781 bits per heavy atom. The number of rotatable bonds is 1. The van der Waals surface area contributed by atoms with Crippen molar-refractivity contribution in [3.63, 3.8) is 0 Å². The van der Waals surface area contributed by atoms with E-state index in [0.717, 1.165) is 12.0 Å². The van der Waals surface area contributed by atoms with Gasteiger partial charge in [-0.15, -0.1) is 16.4 Å². The number of benzene rings is 3. The van der Waals surface area contributed by atoms with Gasteiger partial charge in [-0.3, -0.25) is 0 Å². The molecule has 0 spiro atoms. The van der Waals surface area contributed by atoms with Gasteiger partial charge in [-0.1, -0.05) is 67.2 Å². The Morgan fingerprint density at radius 2 is 1.38 bits per heavy atom. The highest BCUT2D eigenvalue weighted by Crippen LogP contribution is 2.37. The molecule has 1 aliphatic carbocycles. The summed E-state index contributed by atoms with van der Waals surface area (Å²) in [6.07, 6.45) is 5.44. The van der Waals surface area contributed by atoms with E-state index in [0.29, 0.717) is 5.71 Å². The van der Waals surface area contributed by atoms with Gasteiger partial charge in [0.15, 0.2) is 0 Å². The van der Waals surface area contributed by atoms with Crippen molar-refractivity contribution < 1.29 is 0 Å². The molecule has 0 saturated carbocycles. The molecule has 0 heterocycles. The lowest BCUT2D eigenvalue weighted by Gasteiger charge is -2.28. The summed E-state index contributed by atoms with van der Waals surface area (Å²) in [4.78, 5) is 0. The van der Waals surface area contributed by atoms with Crippen molar-refractivity contribution in [1.82, 2.24) is 0 Å². The zero-order chi connectivity index (χ0) is 23.4. The van der Waals surface area contributed by atoms with Gasteiger partial charge in [0.25, 0.3) is 0 Å². The number of hydrogen-bond donors (Lipinski definition) is 1. The fraction of sp³-hybridized carbons (Fsp3) is 0.192. The molecule has 0 amide bonds. The van der Waals surface area contributed by atoms with E-state index in [1.807, 2.05) is 0 Å². The maximum absolute atomic E-state index is 9.17. The zero-order valence-electron chi connectivity index (χ0n) is 20.8. The molecule has 4 rings (SSSR count). The Morgan fingerprint density at radius 3 is 2.03 bits per heavy atom. The summed E-state index contributed by atoms with van der Waals surface area (Å²) < 4.78 is 0. The summed E-state index contributed by atoms with van der Waals surface area (Å²) in [5.41, 5.74) is 13.5. The summed E-state index contributed by atoms with van der Waals surface area (Å²) in [7, 11) is 11.2. The van der Waals surface area contributed by atoms with Crippen LogP contribution in [0, 0.1) is 5.41 Å². The fourth-order valence-corrected chi connectivity index (χ4v) is 5.32. The molecular formula is C26H30B5N. The summed E-state index contributed by atoms with van der Waals surface area (Å²) in [6, 6.07) is 12.9. The normalized spacial score (nSPS) is 19.2. The van der Waals surface area contributed by atoms with Crippen molar-refractivity contribution in [3.05, 3.63) is 70.8 Å². The van der Waals surface area contributed by atoms with Gasteiger partial charge >= 0.3 is 0 Å². The van der Waals surface area contributed by atoms with Gasteiger partial charge in [-0.2, -0.15) is 0 Å². The molecule has 1 nitrogen and oxygen atoms in total. The zero-order valence-corrected chi connectivity index (χ0v) is 20.8. The molecule has 3 aromatic carbocycles. The van der Waals surface area contributed by atoms with Crippen LogP contribution >= 0.6 is 0 Å². The third-order valence-electron chi connectivity index (χ3n) is 7.80. The fourth-order valence-electron chi connectivity index (χ4n) is 5.32. The highest BCUT2D eigenvalue weighted by molar-refractivity contribution is 6.68. The first kappa shape index (κ1) is 22.6. The van der Waals surface area contributed by atoms with Gasteiger partial charge in [-0.25, -0.2) is 0 Å². The maximum Gasteiger partial charge on any atom is 0.139 e. The van der Waals surface area contributed by atoms with Crippen molar-refractivity contribution in [1.29, 1.82) is 5.41 Å². The number of allylic oxidation sites excluding steroid dienone is 4. The van der Waals surface area contributed by atoms with Gasteiger partial charge < -0.3 is 5.41 Å². The van der Waals surface area contributed by atoms with Crippen molar-refractivity contribution in [3.8, 4) is 0 Å². The van der Waals surface area contributed by atoms with Crippen LogP contribution < -0.4 is 27.3 Å². The van der Waals surface area contributed by atoms with Gasteiger partial charge in [0.1, 0.15) is 39.2 Å². The Balaban J connectivity index is 2.01. The molecule has 0 fully saturated rings. The highest BCUT2D eigenvalue weighted by Gasteiger charge is 2.27. The Kier molecular flexibility index (Phi) is 5.69. The highest BCUT2D eigenvalue weighted by atomic mass is 14.4. The minimum atomic E-state index is -0.0774. The Bertz CT molecular complexity index is 1320. The van der Waals surface area contributed by atoms with E-state index >= 15 is 0 Å². The second-order valence-corrected chi connectivity index (χ2v) is 10.2. The van der Waals surface area contributed by atoms with E-state index < -0.39 is 0 Å². The van der Waals surface area contributed by atoms with Crippen LogP contribution in [0.4, 0.5) is 0 Å². The SMILES string of the molecule is Bc1c(B)c(B)c(C2=C/CC(C)(C)c3ccc4ccccc4c3C(=N)/C=C\2C)c(B)c1B. The summed E-state index contributed by atoms with van der Waals surface area (Å²) in [5.74, 6) is 0. The van der Waals surface area contributed by atoms with Crippen LogP contribution in [0.5, 0.6) is 0 Å². The van der Waals surface area contributed by atoms with Crippen LogP contribution in [0.2, 0.25) is 0 Å². The number of fused-ring (bicyclic) bond motifs is 3. The molecule has 6 heteroatoms. The second-order valence-electron chi connectivity index (χ2n) is 10.2. The van der Waals surface area contributed by atoms with E-state index in [4.69, 9.17) is 5.41 Å². The number of nitrogens with one attached hydrogen (secondary N) is 1. The average molecular weight is 411 g/mol. The lowest BCUT2D eigenvalue weighted by atomic mass is 9.59. The Labute approximate surface area is 197 Å². The lowest BCUT2D eigenvalue weighted by molar-refractivity contribution is 0.534. The molecule has 0 radical (unpaired) electrons. The van der Waals surface area contributed by atoms with Crippen molar-refractivity contribution in [2.24, 2.45) is 0 Å². The van der Waals surface area contributed by atoms with Gasteiger partial charge in [0.05, 0.1) is 5.71 Å². The van der Waals surface area contributed by atoms with Crippen LogP contribution in [0.1, 0.15) is 43.9 Å². The first-order chi connectivity index (χ1) is 15.0. The van der Waals surface area contributed by atoms with Gasteiger partial charge in [0, 0.05) is 5.56 Å². The minimum absolute atomic E-state index is 0.0774. The van der Waals surface area contributed by atoms with E-state index in [2.05, 4.69) is 109 Å². The maximum atomic E-state index is 9.17. The molecule has 0 unspecified atom stereocenters. The van der Waals surface area contributed by atoms with Crippen LogP contribution in [-0.2, 0) is 5.41 Å². The van der Waals surface area contributed by atoms with Crippen LogP contribution in [-0.4, -0.2) is 44.9 Å². The molecule has 0 aromatic heterocycles. The molecule has 32 heavy (non-hydrogen) atoms. The molecular weight excluding hydrogens is 380 g/mol. The van der Waals surface area contributed by atoms with E-state index in [-0.39, 0.29) is 5.41 Å². The molecule has 1 N–H and O–H groups in total. The lowest BCUT2D eigenvalue weighted by Crippen LogP contribution is -2.56. The first-order valence-corrected chi connectivity index (χ1v) is 11.6. The topological polar surface area (TPSA) is 23.9 Å². The smallest absolute Gasteiger partial charge is 0.139 e. The van der Waals surface area contributed by atoms with Crippen LogP contribution in [0.25, 0.3) is 16.3 Å². The minimum Gasteiger partial charge on any atom is -0.300 e. The third kappa shape index (κ3) is 3.54. The molecule has 0 bridgehead atoms. The van der Waals surface area contributed by atoms with Crippen LogP contribution in [0.15, 0.2) is 54.1 Å². The van der Waals surface area contributed by atoms with Crippen molar-refractivity contribution >= 4 is 88.6 Å². The summed E-state index contributed by atoms with van der Waals surface area (Å²) >= 11 is 0. The molecule has 0 saturated heterocycles. The largest absolute Gasteiger partial charge is 0.300 e. The van der Waals surface area contributed by atoms with Crippen molar-refractivity contribution in [2.75, 3.05) is 0 Å². The number of hydrogen-bond acceptors (Lipinski definition) is 1. The first-order valence-electron chi connectivity index (χ1n) is 11.6. The average Bonchev–Trinajstić information content (AvgIpc) is 2.80. The van der Waals surface area contributed by atoms with E-state index in [9.17, 15) is 0 Å². The summed E-state index contributed by atoms with van der Waals surface area (Å²) in [6.45, 7) is 6.80. The molecule has 3 aromatic rings. The van der Waals surface area contributed by atoms with E-state index in [1.165, 1.54) is 60.4 Å². The monoisotopic (exact) mass is 411 g/mol. The standard InChI is InChI=1S/C26H30B5N/c1-13-12-18(32)19-16-7-5-4-6-14(16)8-9-17(19)26(2,3)11-10-15(13)20-21(27)23(29)25(31)24(30)22(20)28/h4-10,12,32H,11,27-31H2,1-3H3/b13-12-,15-10+,32-18?. The van der Waals surface area contributed by atoms with Gasteiger partial charge in [-0.05, 0) is 57.9 Å². The third-order valence-corrected chi connectivity index (χ3v) is 7.80. The van der Waals surface area contributed by atoms with Crippen LogP contribution in [0.3, 0.4) is 0 Å². The molecule has 154 valence electrons. The second kappa shape index (κ2) is 8.07. The summed E-state index contributed by atoms with van der Waals surface area (Å²) in [5, 5.41) is 11.5. The van der Waals surface area contributed by atoms with Crippen molar-refractivity contribution in [2.45, 2.75) is 32.6 Å². The molecule has 0 aliphatic heterocycles. The molecule has 0 atom stereocenters. The quantitative estimate of drug-likeness (QED) is 0.459. The molecule has 1 aliphatic rings.